The van der Waals surface area contributed by atoms with Gasteiger partial charge in [0.05, 0.1) is 0 Å². The minimum absolute atomic E-state index is 0.181. The van der Waals surface area contributed by atoms with Crippen LogP contribution in [0.5, 0.6) is 0 Å². The van der Waals surface area contributed by atoms with Gasteiger partial charge in [0.15, 0.2) is 5.76 Å². The highest BCUT2D eigenvalue weighted by atomic mass is 16.3. The van der Waals surface area contributed by atoms with Crippen molar-refractivity contribution in [2.75, 3.05) is 10.6 Å². The van der Waals surface area contributed by atoms with Crippen molar-refractivity contribution in [2.24, 2.45) is 0 Å². The predicted molar refractivity (Wildman–Crippen MR) is 110 cm³/mol. The second kappa shape index (κ2) is 7.40. The summed E-state index contributed by atoms with van der Waals surface area (Å²) in [4.78, 5) is 24.8. The quantitative estimate of drug-likeness (QED) is 0.516. The molecule has 4 aromatic rings. The monoisotopic (exact) mass is 370 g/mol. The second-order valence-electron chi connectivity index (χ2n) is 6.45. The summed E-state index contributed by atoms with van der Waals surface area (Å²) in [5.74, 6) is -0.249. The number of rotatable bonds is 4. The topological polar surface area (TPSA) is 71.3 Å². The normalized spacial score (nSPS) is 10.6. The van der Waals surface area contributed by atoms with Gasteiger partial charge in [0.1, 0.15) is 5.58 Å². The van der Waals surface area contributed by atoms with Crippen molar-refractivity contribution < 1.29 is 14.0 Å². The lowest BCUT2D eigenvalue weighted by molar-refractivity contribution is 0.0996. The van der Waals surface area contributed by atoms with Crippen molar-refractivity contribution in [3.63, 3.8) is 0 Å². The number of aryl methyl sites for hydroxylation is 1. The van der Waals surface area contributed by atoms with Crippen LogP contribution in [0, 0.1) is 6.92 Å². The first kappa shape index (κ1) is 17.5. The highest BCUT2D eigenvalue weighted by Crippen LogP contribution is 2.23. The first-order valence-corrected chi connectivity index (χ1v) is 8.87. The lowest BCUT2D eigenvalue weighted by atomic mass is 10.1. The maximum atomic E-state index is 12.5. The van der Waals surface area contributed by atoms with Gasteiger partial charge in [-0.3, -0.25) is 9.59 Å². The SMILES string of the molecule is Cc1cc(NC(=O)c2ccccc2)ccc1NC(=O)c1cc2ccccc2o1. The van der Waals surface area contributed by atoms with E-state index in [1.165, 1.54) is 0 Å². The molecule has 2 N–H and O–H groups in total. The molecule has 4 rings (SSSR count). The Kier molecular flexibility index (Phi) is 4.64. The third kappa shape index (κ3) is 3.64. The van der Waals surface area contributed by atoms with Gasteiger partial charge in [0, 0.05) is 22.3 Å². The van der Waals surface area contributed by atoms with E-state index in [4.69, 9.17) is 4.42 Å². The molecule has 0 unspecified atom stereocenters. The summed E-state index contributed by atoms with van der Waals surface area (Å²) in [5.41, 5.74) is 3.40. The molecule has 0 spiro atoms. The average molecular weight is 370 g/mol. The predicted octanol–water partition coefficient (Wildman–Crippen LogP) is 5.25. The van der Waals surface area contributed by atoms with Gasteiger partial charge in [-0.15, -0.1) is 0 Å². The Bertz CT molecular complexity index is 1130. The number of anilines is 2. The summed E-state index contributed by atoms with van der Waals surface area (Å²) in [6.45, 7) is 1.87. The Morgan fingerprint density at radius 1 is 0.786 bits per heavy atom. The molecule has 28 heavy (non-hydrogen) atoms. The van der Waals surface area contributed by atoms with E-state index in [-0.39, 0.29) is 17.6 Å². The average Bonchev–Trinajstić information content (AvgIpc) is 3.15. The van der Waals surface area contributed by atoms with Crippen LogP contribution in [0.1, 0.15) is 26.5 Å². The number of furan rings is 1. The highest BCUT2D eigenvalue weighted by Gasteiger charge is 2.14. The van der Waals surface area contributed by atoms with Crippen LogP contribution in [0.15, 0.2) is 83.3 Å². The molecule has 3 aromatic carbocycles. The molecule has 0 aliphatic carbocycles. The number of benzene rings is 3. The Labute approximate surface area is 162 Å². The van der Waals surface area contributed by atoms with Crippen LogP contribution in [0.2, 0.25) is 0 Å². The van der Waals surface area contributed by atoms with Crippen LogP contribution in [0.4, 0.5) is 11.4 Å². The minimum atomic E-state index is -0.319. The van der Waals surface area contributed by atoms with Gasteiger partial charge in [-0.2, -0.15) is 0 Å². The Morgan fingerprint density at radius 3 is 2.29 bits per heavy atom. The van der Waals surface area contributed by atoms with E-state index < -0.39 is 0 Å². The van der Waals surface area contributed by atoms with Crippen molar-refractivity contribution >= 4 is 34.2 Å². The van der Waals surface area contributed by atoms with E-state index in [2.05, 4.69) is 10.6 Å². The zero-order chi connectivity index (χ0) is 19.5. The number of fused-ring (bicyclic) bond motifs is 1. The lowest BCUT2D eigenvalue weighted by Crippen LogP contribution is -2.13. The number of amides is 2. The first-order chi connectivity index (χ1) is 13.6. The number of carbonyl (C=O) groups excluding carboxylic acids is 2. The molecule has 0 fully saturated rings. The number of nitrogens with one attached hydrogen (secondary N) is 2. The molecule has 5 heteroatoms. The first-order valence-electron chi connectivity index (χ1n) is 8.87. The van der Waals surface area contributed by atoms with Crippen molar-refractivity contribution in [3.8, 4) is 0 Å². The van der Waals surface area contributed by atoms with Gasteiger partial charge in [-0.25, -0.2) is 0 Å². The summed E-state index contributed by atoms with van der Waals surface area (Å²) in [5, 5.41) is 6.59. The smallest absolute Gasteiger partial charge is 0.291 e. The number of hydrogen-bond donors (Lipinski definition) is 2. The summed E-state index contributed by atoms with van der Waals surface area (Å²) in [6, 6.07) is 23.5. The summed E-state index contributed by atoms with van der Waals surface area (Å²) in [7, 11) is 0. The Hall–Kier alpha value is -3.86. The largest absolute Gasteiger partial charge is 0.451 e. The summed E-state index contributed by atoms with van der Waals surface area (Å²) >= 11 is 0. The van der Waals surface area contributed by atoms with Gasteiger partial charge in [-0.1, -0.05) is 36.4 Å². The molecule has 138 valence electrons. The fraction of sp³-hybridized carbons (Fsp3) is 0.0435. The fourth-order valence-corrected chi connectivity index (χ4v) is 2.95. The van der Waals surface area contributed by atoms with Crippen LogP contribution >= 0.6 is 0 Å². The molecule has 5 nitrogen and oxygen atoms in total. The molecule has 1 heterocycles. The Balaban J connectivity index is 1.48. The standard InChI is InChI=1S/C23H18N2O3/c1-15-13-18(24-22(26)16-7-3-2-4-8-16)11-12-19(15)25-23(27)21-14-17-9-5-6-10-20(17)28-21/h2-14H,1H3,(H,24,26)(H,25,27). The van der Waals surface area contributed by atoms with Crippen molar-refractivity contribution in [1.29, 1.82) is 0 Å². The number of hydrogen-bond acceptors (Lipinski definition) is 3. The van der Waals surface area contributed by atoms with Gasteiger partial charge in [-0.05, 0) is 55.0 Å². The minimum Gasteiger partial charge on any atom is -0.451 e. The molecule has 1 aromatic heterocycles. The van der Waals surface area contributed by atoms with E-state index in [0.717, 1.165) is 10.9 Å². The van der Waals surface area contributed by atoms with E-state index in [1.54, 1.807) is 30.3 Å². The molecule has 0 bridgehead atoms. The zero-order valence-electron chi connectivity index (χ0n) is 15.2. The number of carbonyl (C=O) groups is 2. The molecule has 0 atom stereocenters. The van der Waals surface area contributed by atoms with E-state index in [9.17, 15) is 9.59 Å². The zero-order valence-corrected chi connectivity index (χ0v) is 15.2. The maximum absolute atomic E-state index is 12.5. The van der Waals surface area contributed by atoms with Crippen molar-refractivity contribution in [2.45, 2.75) is 6.92 Å². The summed E-state index contributed by atoms with van der Waals surface area (Å²) < 4.78 is 5.60. The molecule has 2 amide bonds. The van der Waals surface area contributed by atoms with E-state index >= 15 is 0 Å². The molecule has 0 aliphatic heterocycles. The third-order valence-corrected chi connectivity index (χ3v) is 4.42. The van der Waals surface area contributed by atoms with E-state index in [0.29, 0.717) is 22.5 Å². The third-order valence-electron chi connectivity index (χ3n) is 4.42. The van der Waals surface area contributed by atoms with E-state index in [1.807, 2.05) is 55.5 Å². The van der Waals surface area contributed by atoms with Crippen LogP contribution in [-0.4, -0.2) is 11.8 Å². The molecule has 0 radical (unpaired) electrons. The van der Waals surface area contributed by atoms with Crippen LogP contribution in [0.3, 0.4) is 0 Å². The van der Waals surface area contributed by atoms with Crippen molar-refractivity contribution in [1.82, 2.24) is 0 Å². The van der Waals surface area contributed by atoms with Gasteiger partial charge < -0.3 is 15.1 Å². The summed E-state index contributed by atoms with van der Waals surface area (Å²) in [6.07, 6.45) is 0. The molecule has 0 aliphatic rings. The van der Waals surface area contributed by atoms with Crippen LogP contribution in [0.25, 0.3) is 11.0 Å². The second-order valence-corrected chi connectivity index (χ2v) is 6.45. The number of para-hydroxylation sites is 1. The van der Waals surface area contributed by atoms with Gasteiger partial charge in [0.25, 0.3) is 11.8 Å². The van der Waals surface area contributed by atoms with Gasteiger partial charge >= 0.3 is 0 Å². The van der Waals surface area contributed by atoms with Crippen LogP contribution < -0.4 is 10.6 Å². The highest BCUT2D eigenvalue weighted by molar-refractivity contribution is 6.06. The van der Waals surface area contributed by atoms with Crippen molar-refractivity contribution in [3.05, 3.63) is 95.7 Å². The fourth-order valence-electron chi connectivity index (χ4n) is 2.95. The Morgan fingerprint density at radius 2 is 1.54 bits per heavy atom. The maximum Gasteiger partial charge on any atom is 0.291 e. The van der Waals surface area contributed by atoms with Crippen LogP contribution in [-0.2, 0) is 0 Å². The molecule has 0 saturated carbocycles. The molecular weight excluding hydrogens is 352 g/mol. The van der Waals surface area contributed by atoms with Gasteiger partial charge in [0.2, 0.25) is 0 Å². The molecule has 0 saturated heterocycles. The molecular formula is C23H18N2O3. The lowest BCUT2D eigenvalue weighted by Gasteiger charge is -2.10.